The van der Waals surface area contributed by atoms with Crippen LogP contribution in [0.15, 0.2) is 18.2 Å². The number of hydrogen-bond acceptors (Lipinski definition) is 2. The van der Waals surface area contributed by atoms with Gasteiger partial charge in [0.05, 0.1) is 0 Å². The molecule has 0 aliphatic carbocycles. The molecule has 0 unspecified atom stereocenters. The number of rotatable bonds is 0. The minimum atomic E-state index is 0.678. The van der Waals surface area contributed by atoms with Crippen LogP contribution in [0.4, 0.5) is 0 Å². The minimum Gasteiger partial charge on any atom is -0.314 e. The number of hydrogen-bond donors (Lipinski definition) is 1. The molecule has 1 aromatic carbocycles. The van der Waals surface area contributed by atoms with Gasteiger partial charge in [0, 0.05) is 25.2 Å². The monoisotopic (exact) mass is 256 g/mol. The lowest BCUT2D eigenvalue weighted by molar-refractivity contribution is 0.0549. The molecule has 1 N–H and O–H groups in total. The van der Waals surface area contributed by atoms with Gasteiger partial charge in [0.2, 0.25) is 0 Å². The molecule has 2 fully saturated rings. The third-order valence-electron chi connectivity index (χ3n) is 5.53. The Kier molecular flexibility index (Phi) is 2.89. The van der Waals surface area contributed by atoms with E-state index in [1.165, 1.54) is 50.9 Å². The van der Waals surface area contributed by atoms with Crippen molar-refractivity contribution < 1.29 is 0 Å². The molecule has 19 heavy (non-hydrogen) atoms. The third-order valence-corrected chi connectivity index (χ3v) is 5.53. The second-order valence-corrected chi connectivity index (χ2v) is 6.61. The maximum absolute atomic E-state index is 3.78. The molecule has 0 spiro atoms. The van der Waals surface area contributed by atoms with E-state index in [9.17, 15) is 0 Å². The van der Waals surface area contributed by atoms with E-state index in [2.05, 4.69) is 35.3 Å². The van der Waals surface area contributed by atoms with Gasteiger partial charge in [0.25, 0.3) is 0 Å². The van der Waals surface area contributed by atoms with Crippen LogP contribution in [0.3, 0.4) is 0 Å². The van der Waals surface area contributed by atoms with Crippen LogP contribution in [0.5, 0.6) is 0 Å². The normalized spacial score (nSPS) is 34.3. The summed E-state index contributed by atoms with van der Waals surface area (Å²) in [5.74, 6) is 0.899. The van der Waals surface area contributed by atoms with E-state index in [0.717, 1.165) is 12.0 Å². The molecule has 0 bridgehead atoms. The average molecular weight is 256 g/mol. The molecule has 0 amide bonds. The molecular formula is C17H24N2. The number of benzene rings is 1. The standard InChI is InChI=1S/C17H24N2/c1-12-4-2-5-13-7-9-19-11-14-6-3-8-18-15(14)10-16(19)17(12)13/h2,4-5,14-16,18H,3,6-11H2,1H3/t14-,15+,16-/m1/s1. The molecule has 0 radical (unpaired) electrons. The summed E-state index contributed by atoms with van der Waals surface area (Å²) in [6.07, 6.45) is 5.37. The molecule has 1 aromatic rings. The molecule has 2 nitrogen and oxygen atoms in total. The fourth-order valence-electron chi connectivity index (χ4n) is 4.58. The summed E-state index contributed by atoms with van der Waals surface area (Å²) in [5, 5.41) is 3.78. The first-order valence-electron chi connectivity index (χ1n) is 7.89. The van der Waals surface area contributed by atoms with Gasteiger partial charge < -0.3 is 5.32 Å². The molecule has 3 heterocycles. The molecule has 102 valence electrons. The van der Waals surface area contributed by atoms with Crippen molar-refractivity contribution in [2.24, 2.45) is 5.92 Å². The predicted octanol–water partition coefficient (Wildman–Crippen LogP) is 2.67. The van der Waals surface area contributed by atoms with Crippen molar-refractivity contribution >= 4 is 0 Å². The zero-order chi connectivity index (χ0) is 12.8. The summed E-state index contributed by atoms with van der Waals surface area (Å²) in [5.41, 5.74) is 4.76. The first-order chi connectivity index (χ1) is 9.33. The fourth-order valence-corrected chi connectivity index (χ4v) is 4.58. The summed E-state index contributed by atoms with van der Waals surface area (Å²) in [4.78, 5) is 2.77. The van der Waals surface area contributed by atoms with E-state index in [-0.39, 0.29) is 0 Å². The Morgan fingerprint density at radius 3 is 3.21 bits per heavy atom. The van der Waals surface area contributed by atoms with E-state index in [1.54, 1.807) is 11.1 Å². The maximum atomic E-state index is 3.78. The lowest BCUT2D eigenvalue weighted by atomic mass is 9.76. The lowest BCUT2D eigenvalue weighted by Crippen LogP contribution is -2.54. The maximum Gasteiger partial charge on any atom is 0.0368 e. The van der Waals surface area contributed by atoms with Crippen LogP contribution in [0, 0.1) is 12.8 Å². The quantitative estimate of drug-likeness (QED) is 0.768. The third kappa shape index (κ3) is 1.93. The summed E-state index contributed by atoms with van der Waals surface area (Å²) in [7, 11) is 0. The van der Waals surface area contributed by atoms with Crippen molar-refractivity contribution in [2.75, 3.05) is 19.6 Å². The van der Waals surface area contributed by atoms with E-state index < -0.39 is 0 Å². The average Bonchev–Trinajstić information content (AvgIpc) is 2.45. The summed E-state index contributed by atoms with van der Waals surface area (Å²) in [6.45, 7) is 6.11. The highest BCUT2D eigenvalue weighted by atomic mass is 15.2. The second kappa shape index (κ2) is 4.60. The SMILES string of the molecule is Cc1cccc2c1[C@H]1C[C@@H]3NCCC[C@@H]3CN1CC2. The number of nitrogens with zero attached hydrogens (tertiary/aromatic N) is 1. The Hall–Kier alpha value is -0.860. The summed E-state index contributed by atoms with van der Waals surface area (Å²) in [6, 6.07) is 8.31. The van der Waals surface area contributed by atoms with E-state index in [1.807, 2.05) is 0 Å². The number of fused-ring (bicyclic) bond motifs is 4. The molecule has 3 aliphatic heterocycles. The van der Waals surface area contributed by atoms with Crippen molar-refractivity contribution in [3.8, 4) is 0 Å². The van der Waals surface area contributed by atoms with Gasteiger partial charge in [0.15, 0.2) is 0 Å². The number of aryl methyl sites for hydroxylation is 1. The topological polar surface area (TPSA) is 15.3 Å². The van der Waals surface area contributed by atoms with Crippen molar-refractivity contribution in [2.45, 2.75) is 44.7 Å². The van der Waals surface area contributed by atoms with Gasteiger partial charge in [-0.25, -0.2) is 0 Å². The van der Waals surface area contributed by atoms with Crippen molar-refractivity contribution in [1.29, 1.82) is 0 Å². The van der Waals surface area contributed by atoms with Gasteiger partial charge in [-0.3, -0.25) is 4.90 Å². The highest BCUT2D eigenvalue weighted by Gasteiger charge is 2.39. The molecule has 2 saturated heterocycles. The molecule has 0 saturated carbocycles. The molecule has 4 rings (SSSR count). The van der Waals surface area contributed by atoms with Gasteiger partial charge >= 0.3 is 0 Å². The van der Waals surface area contributed by atoms with Crippen LogP contribution in [0.2, 0.25) is 0 Å². The molecule has 3 atom stereocenters. The zero-order valence-corrected chi connectivity index (χ0v) is 11.9. The fraction of sp³-hybridized carbons (Fsp3) is 0.647. The summed E-state index contributed by atoms with van der Waals surface area (Å²) < 4.78 is 0. The highest BCUT2D eigenvalue weighted by molar-refractivity contribution is 5.39. The van der Waals surface area contributed by atoms with E-state index in [0.29, 0.717) is 6.04 Å². The molecule has 2 heteroatoms. The number of piperidine rings is 2. The van der Waals surface area contributed by atoms with Crippen LogP contribution in [-0.4, -0.2) is 30.6 Å². The van der Waals surface area contributed by atoms with Gasteiger partial charge in [-0.1, -0.05) is 18.2 Å². The smallest absolute Gasteiger partial charge is 0.0368 e. The van der Waals surface area contributed by atoms with Crippen molar-refractivity contribution in [1.82, 2.24) is 10.2 Å². The zero-order valence-electron chi connectivity index (χ0n) is 11.9. The predicted molar refractivity (Wildman–Crippen MR) is 78.3 cm³/mol. The first-order valence-corrected chi connectivity index (χ1v) is 7.89. The van der Waals surface area contributed by atoms with Crippen LogP contribution >= 0.6 is 0 Å². The van der Waals surface area contributed by atoms with E-state index in [4.69, 9.17) is 0 Å². The Balaban J connectivity index is 1.68. The molecular weight excluding hydrogens is 232 g/mol. The van der Waals surface area contributed by atoms with Gasteiger partial charge in [-0.05, 0) is 61.8 Å². The second-order valence-electron chi connectivity index (χ2n) is 6.61. The number of nitrogens with one attached hydrogen (secondary N) is 1. The van der Waals surface area contributed by atoms with Crippen molar-refractivity contribution in [3.63, 3.8) is 0 Å². The van der Waals surface area contributed by atoms with Crippen LogP contribution in [-0.2, 0) is 6.42 Å². The Bertz CT molecular complexity index is 482. The Morgan fingerprint density at radius 1 is 1.32 bits per heavy atom. The lowest BCUT2D eigenvalue weighted by Gasteiger charge is -2.49. The van der Waals surface area contributed by atoms with Crippen molar-refractivity contribution in [3.05, 3.63) is 34.9 Å². The van der Waals surface area contributed by atoms with Crippen LogP contribution < -0.4 is 5.32 Å². The largest absolute Gasteiger partial charge is 0.314 e. The highest BCUT2D eigenvalue weighted by Crippen LogP contribution is 2.41. The van der Waals surface area contributed by atoms with Gasteiger partial charge in [-0.15, -0.1) is 0 Å². The van der Waals surface area contributed by atoms with Gasteiger partial charge in [-0.2, -0.15) is 0 Å². The Labute approximate surface area is 116 Å². The minimum absolute atomic E-state index is 0.678. The van der Waals surface area contributed by atoms with Gasteiger partial charge in [0.1, 0.15) is 0 Å². The first kappa shape index (κ1) is 11.9. The van der Waals surface area contributed by atoms with Crippen LogP contribution in [0.25, 0.3) is 0 Å². The molecule has 3 aliphatic rings. The molecule has 0 aromatic heterocycles. The van der Waals surface area contributed by atoms with Crippen LogP contribution in [0.1, 0.15) is 42.0 Å². The Morgan fingerprint density at radius 2 is 2.26 bits per heavy atom. The van der Waals surface area contributed by atoms with E-state index >= 15 is 0 Å². The summed E-state index contributed by atoms with van der Waals surface area (Å²) >= 11 is 0.